The molecule has 2 rings (SSSR count). The number of amides is 1. The van der Waals surface area contributed by atoms with Gasteiger partial charge in [0, 0.05) is 0 Å². The lowest BCUT2D eigenvalue weighted by Gasteiger charge is -2.28. The van der Waals surface area contributed by atoms with Crippen LogP contribution >= 0.6 is 0 Å². The van der Waals surface area contributed by atoms with E-state index >= 15 is 0 Å². The molecule has 7 heteroatoms. The minimum atomic E-state index is -3.62. The highest BCUT2D eigenvalue weighted by atomic mass is 32.2. The quantitative estimate of drug-likeness (QED) is 0.687. The maximum absolute atomic E-state index is 12.5. The molecule has 0 radical (unpaired) electrons. The van der Waals surface area contributed by atoms with E-state index in [1.54, 1.807) is 19.1 Å². The average Bonchev–Trinajstić information content (AvgIpc) is 2.58. The van der Waals surface area contributed by atoms with Crippen LogP contribution in [0.3, 0.4) is 0 Å². The van der Waals surface area contributed by atoms with E-state index in [-0.39, 0.29) is 12.5 Å². The predicted molar refractivity (Wildman–Crippen MR) is 112 cm³/mol. The molecule has 0 aliphatic rings. The van der Waals surface area contributed by atoms with Crippen molar-refractivity contribution in [2.24, 2.45) is 0 Å². The van der Waals surface area contributed by atoms with Crippen molar-refractivity contribution in [2.45, 2.75) is 33.7 Å². The molecule has 0 aliphatic carbocycles. The molecule has 1 unspecified atom stereocenters. The molecule has 0 saturated heterocycles. The van der Waals surface area contributed by atoms with E-state index < -0.39 is 16.1 Å². The second-order valence-corrected chi connectivity index (χ2v) is 8.89. The molecule has 6 nitrogen and oxygen atoms in total. The molecule has 1 amide bonds. The van der Waals surface area contributed by atoms with Gasteiger partial charge in [0.2, 0.25) is 15.9 Å². The lowest BCUT2D eigenvalue weighted by molar-refractivity contribution is -0.121. The highest BCUT2D eigenvalue weighted by Crippen LogP contribution is 2.21. The number of carbonyl (C=O) groups excluding carboxylic acids is 1. The summed E-state index contributed by atoms with van der Waals surface area (Å²) < 4.78 is 31.3. The zero-order valence-corrected chi connectivity index (χ0v) is 17.8. The van der Waals surface area contributed by atoms with Crippen LogP contribution in [0.5, 0.6) is 5.75 Å². The van der Waals surface area contributed by atoms with Crippen LogP contribution < -0.4 is 14.4 Å². The van der Waals surface area contributed by atoms with Gasteiger partial charge in [-0.1, -0.05) is 23.8 Å². The predicted octanol–water partition coefficient (Wildman–Crippen LogP) is 2.96. The molecule has 2 aromatic rings. The summed E-state index contributed by atoms with van der Waals surface area (Å²) in [7, 11) is -3.62. The second kappa shape index (κ2) is 9.10. The number of benzene rings is 2. The Hall–Kier alpha value is -2.54. The summed E-state index contributed by atoms with van der Waals surface area (Å²) in [4.78, 5) is 12.5. The highest BCUT2D eigenvalue weighted by molar-refractivity contribution is 7.92. The van der Waals surface area contributed by atoms with Gasteiger partial charge in [-0.15, -0.1) is 0 Å². The first-order valence-electron chi connectivity index (χ1n) is 9.13. The summed E-state index contributed by atoms with van der Waals surface area (Å²) in [5.41, 5.74) is 3.68. The van der Waals surface area contributed by atoms with Crippen molar-refractivity contribution in [3.63, 3.8) is 0 Å². The topological polar surface area (TPSA) is 75.7 Å². The maximum Gasteiger partial charge on any atom is 0.243 e. The zero-order valence-electron chi connectivity index (χ0n) is 17.0. The monoisotopic (exact) mass is 404 g/mol. The Bertz CT molecular complexity index is 904. The van der Waals surface area contributed by atoms with E-state index in [2.05, 4.69) is 11.4 Å². The Kier molecular flexibility index (Phi) is 7.07. The largest absolute Gasteiger partial charge is 0.492 e. The van der Waals surface area contributed by atoms with Gasteiger partial charge >= 0.3 is 0 Å². The Morgan fingerprint density at radius 3 is 2.14 bits per heavy atom. The molecule has 0 aliphatic heterocycles. The van der Waals surface area contributed by atoms with E-state index in [1.807, 2.05) is 45.0 Å². The summed E-state index contributed by atoms with van der Waals surface area (Å²) in [6.45, 7) is 8.05. The summed E-state index contributed by atoms with van der Waals surface area (Å²) in [5, 5.41) is 2.75. The number of aryl methyl sites for hydroxylation is 3. The van der Waals surface area contributed by atoms with E-state index in [0.29, 0.717) is 12.3 Å². The van der Waals surface area contributed by atoms with Crippen molar-refractivity contribution in [3.8, 4) is 5.75 Å². The Morgan fingerprint density at radius 2 is 1.61 bits per heavy atom. The molecule has 0 aromatic heterocycles. The molecule has 0 bridgehead atoms. The summed E-state index contributed by atoms with van der Waals surface area (Å²) in [6.07, 6.45) is 1.10. The molecule has 0 heterocycles. The third kappa shape index (κ3) is 5.99. The van der Waals surface area contributed by atoms with E-state index in [9.17, 15) is 13.2 Å². The number of hydrogen-bond donors (Lipinski definition) is 1. The normalized spacial score (nSPS) is 12.3. The number of ether oxygens (including phenoxy) is 1. The first-order valence-corrected chi connectivity index (χ1v) is 11.0. The Balaban J connectivity index is 1.98. The van der Waals surface area contributed by atoms with Gasteiger partial charge in [-0.2, -0.15) is 0 Å². The van der Waals surface area contributed by atoms with Crippen molar-refractivity contribution in [3.05, 3.63) is 59.2 Å². The Labute approximate surface area is 167 Å². The van der Waals surface area contributed by atoms with Crippen LogP contribution in [-0.2, 0) is 14.8 Å². The van der Waals surface area contributed by atoms with Gasteiger partial charge in [0.05, 0.1) is 18.5 Å². The molecule has 152 valence electrons. The average molecular weight is 405 g/mol. The molecule has 28 heavy (non-hydrogen) atoms. The standard InChI is InChI=1S/C21H28N2O4S/c1-15-6-8-19(9-7-15)23(28(5,25)26)18(4)21(24)22-10-11-27-20-13-16(2)12-17(3)14-20/h6-9,12-14,18H,10-11H2,1-5H3,(H,22,24). The van der Waals surface area contributed by atoms with Crippen molar-refractivity contribution in [1.29, 1.82) is 0 Å². The van der Waals surface area contributed by atoms with Crippen LogP contribution in [0, 0.1) is 20.8 Å². The summed E-state index contributed by atoms with van der Waals surface area (Å²) >= 11 is 0. The SMILES string of the molecule is Cc1ccc(N(C(C)C(=O)NCCOc2cc(C)cc(C)c2)S(C)(=O)=O)cc1. The fraction of sp³-hybridized carbons (Fsp3) is 0.381. The van der Waals surface area contributed by atoms with Crippen LogP contribution in [0.15, 0.2) is 42.5 Å². The van der Waals surface area contributed by atoms with Crippen molar-refractivity contribution >= 4 is 21.6 Å². The lowest BCUT2D eigenvalue weighted by Crippen LogP contribution is -2.48. The number of rotatable bonds is 8. The van der Waals surface area contributed by atoms with Crippen molar-refractivity contribution in [2.75, 3.05) is 23.7 Å². The molecule has 0 fully saturated rings. The summed E-state index contributed by atoms with van der Waals surface area (Å²) in [6, 6.07) is 12.1. The minimum Gasteiger partial charge on any atom is -0.492 e. The van der Waals surface area contributed by atoms with Crippen LogP contribution in [0.4, 0.5) is 5.69 Å². The number of nitrogens with one attached hydrogen (secondary N) is 1. The van der Waals surface area contributed by atoms with Crippen LogP contribution in [-0.4, -0.2) is 39.8 Å². The van der Waals surface area contributed by atoms with Gasteiger partial charge < -0.3 is 10.1 Å². The van der Waals surface area contributed by atoms with Crippen molar-refractivity contribution < 1.29 is 17.9 Å². The number of carbonyl (C=O) groups is 1. The fourth-order valence-corrected chi connectivity index (χ4v) is 4.18. The number of anilines is 1. The smallest absolute Gasteiger partial charge is 0.243 e. The van der Waals surface area contributed by atoms with E-state index in [4.69, 9.17) is 4.74 Å². The molecule has 1 N–H and O–H groups in total. The molecular weight excluding hydrogens is 376 g/mol. The zero-order chi connectivity index (χ0) is 20.9. The van der Waals surface area contributed by atoms with E-state index in [1.165, 1.54) is 0 Å². The van der Waals surface area contributed by atoms with Crippen LogP contribution in [0.1, 0.15) is 23.6 Å². The third-order valence-electron chi connectivity index (χ3n) is 4.24. The van der Waals surface area contributed by atoms with Crippen LogP contribution in [0.2, 0.25) is 0 Å². The molecular formula is C21H28N2O4S. The van der Waals surface area contributed by atoms with E-state index in [0.717, 1.165) is 33.0 Å². The Morgan fingerprint density at radius 1 is 1.04 bits per heavy atom. The second-order valence-electron chi connectivity index (χ2n) is 7.03. The van der Waals surface area contributed by atoms with Gasteiger partial charge in [0.25, 0.3) is 0 Å². The fourth-order valence-electron chi connectivity index (χ4n) is 3.01. The molecule has 2 aromatic carbocycles. The van der Waals surface area contributed by atoms with Gasteiger partial charge in [-0.3, -0.25) is 9.10 Å². The summed E-state index contributed by atoms with van der Waals surface area (Å²) in [5.74, 6) is 0.368. The van der Waals surface area contributed by atoms with Crippen molar-refractivity contribution in [1.82, 2.24) is 5.32 Å². The number of sulfonamides is 1. The maximum atomic E-state index is 12.5. The van der Waals surface area contributed by atoms with Gasteiger partial charge in [-0.25, -0.2) is 8.42 Å². The molecule has 1 atom stereocenters. The minimum absolute atomic E-state index is 0.279. The first-order chi connectivity index (χ1) is 13.1. The number of nitrogens with zero attached hydrogens (tertiary/aromatic N) is 1. The molecule has 0 saturated carbocycles. The van der Waals surface area contributed by atoms with Crippen LogP contribution in [0.25, 0.3) is 0 Å². The third-order valence-corrected chi connectivity index (χ3v) is 5.48. The highest BCUT2D eigenvalue weighted by Gasteiger charge is 2.28. The van der Waals surface area contributed by atoms with Gasteiger partial charge in [0.1, 0.15) is 18.4 Å². The molecule has 0 spiro atoms. The van der Waals surface area contributed by atoms with Gasteiger partial charge in [-0.05, 0) is 63.1 Å². The van der Waals surface area contributed by atoms with Gasteiger partial charge in [0.15, 0.2) is 0 Å². The first kappa shape index (κ1) is 21.8. The lowest BCUT2D eigenvalue weighted by atomic mass is 10.1. The number of hydrogen-bond acceptors (Lipinski definition) is 4.